The second-order valence-electron chi connectivity index (χ2n) is 11.0. The Bertz CT molecular complexity index is 872. The van der Waals surface area contributed by atoms with Crippen LogP contribution in [0.25, 0.3) is 0 Å². The van der Waals surface area contributed by atoms with Gasteiger partial charge < -0.3 is 10.2 Å². The summed E-state index contributed by atoms with van der Waals surface area (Å²) in [6, 6.07) is 6.63. The van der Waals surface area contributed by atoms with Gasteiger partial charge in [-0.25, -0.2) is 0 Å². The molecule has 178 valence electrons. The van der Waals surface area contributed by atoms with Crippen LogP contribution in [0.4, 0.5) is 5.69 Å². The van der Waals surface area contributed by atoms with Crippen molar-refractivity contribution in [3.8, 4) is 0 Å². The maximum Gasteiger partial charge on any atom is 0.269 e. The monoisotopic (exact) mass is 454 g/mol. The van der Waals surface area contributed by atoms with Crippen LogP contribution in [0.2, 0.25) is 0 Å². The molecule has 5 aliphatic rings. The van der Waals surface area contributed by atoms with Crippen molar-refractivity contribution < 1.29 is 14.5 Å². The summed E-state index contributed by atoms with van der Waals surface area (Å²) in [7, 11) is 0. The molecule has 0 aromatic heterocycles. The van der Waals surface area contributed by atoms with Gasteiger partial charge in [0.15, 0.2) is 0 Å². The quantitative estimate of drug-likeness (QED) is 0.505. The average molecular weight is 455 g/mol. The van der Waals surface area contributed by atoms with Crippen LogP contribution in [0, 0.1) is 33.3 Å². The van der Waals surface area contributed by atoms with E-state index >= 15 is 0 Å². The molecule has 4 bridgehead atoms. The lowest BCUT2D eigenvalue weighted by Crippen LogP contribution is -2.51. The second kappa shape index (κ2) is 9.05. The highest BCUT2D eigenvalue weighted by Gasteiger charge is 2.51. The summed E-state index contributed by atoms with van der Waals surface area (Å²) < 4.78 is 0. The highest BCUT2D eigenvalue weighted by atomic mass is 16.6. The van der Waals surface area contributed by atoms with Gasteiger partial charge in [-0.05, 0) is 67.3 Å². The van der Waals surface area contributed by atoms with Gasteiger partial charge in [-0.3, -0.25) is 24.6 Å². The van der Waals surface area contributed by atoms with Crippen LogP contribution in [-0.4, -0.2) is 59.3 Å². The molecule has 6 rings (SSSR count). The number of carbonyl (C=O) groups excluding carboxylic acids is 2. The van der Waals surface area contributed by atoms with E-state index in [2.05, 4.69) is 10.2 Å². The highest BCUT2D eigenvalue weighted by molar-refractivity contribution is 5.85. The van der Waals surface area contributed by atoms with E-state index in [0.29, 0.717) is 26.1 Å². The number of hydrogen-bond donors (Lipinski definition) is 1. The zero-order chi connectivity index (χ0) is 23.0. The van der Waals surface area contributed by atoms with Crippen LogP contribution in [-0.2, 0) is 16.1 Å². The Morgan fingerprint density at radius 2 is 1.55 bits per heavy atom. The van der Waals surface area contributed by atoms with Gasteiger partial charge in [0.05, 0.1) is 11.5 Å². The molecule has 8 nitrogen and oxygen atoms in total. The molecular weight excluding hydrogens is 420 g/mol. The molecule has 1 heterocycles. The molecule has 0 atom stereocenters. The zero-order valence-electron chi connectivity index (χ0n) is 19.2. The molecule has 1 aromatic carbocycles. The third-order valence-electron chi connectivity index (χ3n) is 8.42. The lowest BCUT2D eigenvalue weighted by atomic mass is 9.49. The fourth-order valence-electron chi connectivity index (χ4n) is 7.33. The molecule has 33 heavy (non-hydrogen) atoms. The Labute approximate surface area is 194 Å². The van der Waals surface area contributed by atoms with Gasteiger partial charge in [0.1, 0.15) is 0 Å². The number of nitro groups is 1. The van der Waals surface area contributed by atoms with Crippen molar-refractivity contribution in [3.05, 3.63) is 39.9 Å². The maximum absolute atomic E-state index is 12.7. The summed E-state index contributed by atoms with van der Waals surface area (Å²) in [5, 5.41) is 13.7. The minimum absolute atomic E-state index is 0.0103. The van der Waals surface area contributed by atoms with E-state index in [4.69, 9.17) is 0 Å². The van der Waals surface area contributed by atoms with Crippen LogP contribution < -0.4 is 5.32 Å². The van der Waals surface area contributed by atoms with Crippen molar-refractivity contribution >= 4 is 17.5 Å². The van der Waals surface area contributed by atoms with Crippen molar-refractivity contribution in [1.29, 1.82) is 0 Å². The first kappa shape index (κ1) is 22.3. The Balaban J connectivity index is 1.04. The minimum atomic E-state index is -0.393. The Morgan fingerprint density at radius 3 is 2.09 bits per heavy atom. The predicted octanol–water partition coefficient (Wildman–Crippen LogP) is 2.96. The molecular formula is C25H34N4O4. The summed E-state index contributed by atoms with van der Waals surface area (Å²) >= 11 is 0. The standard InChI is InChI=1S/C25H34N4O4/c30-23(15-25-12-19-9-20(13-25)11-21(10-19)14-25)26-16-24(31)28-7-5-27(6-8-28)17-18-1-3-22(4-2-18)29(32)33/h1-4,19-21H,5-17H2,(H,26,30). The number of nitro benzene ring substituents is 1. The van der Waals surface area contributed by atoms with Crippen molar-refractivity contribution in [2.24, 2.45) is 23.2 Å². The summed E-state index contributed by atoms with van der Waals surface area (Å²) in [5.41, 5.74) is 1.32. The van der Waals surface area contributed by atoms with Crippen LogP contribution >= 0.6 is 0 Å². The number of benzene rings is 1. The van der Waals surface area contributed by atoms with E-state index in [1.54, 1.807) is 12.1 Å². The zero-order valence-corrected chi connectivity index (χ0v) is 19.2. The minimum Gasteiger partial charge on any atom is -0.347 e. The number of nitrogens with zero attached hydrogens (tertiary/aromatic N) is 3. The molecule has 1 N–H and O–H groups in total. The summed E-state index contributed by atoms with van der Waals surface area (Å²) in [6.07, 6.45) is 8.32. The summed E-state index contributed by atoms with van der Waals surface area (Å²) in [5.74, 6) is 2.51. The average Bonchev–Trinajstić information content (AvgIpc) is 2.77. The molecule has 0 unspecified atom stereocenters. The Morgan fingerprint density at radius 1 is 0.970 bits per heavy atom. The first-order chi connectivity index (χ1) is 15.9. The van der Waals surface area contributed by atoms with Gasteiger partial charge in [-0.2, -0.15) is 0 Å². The molecule has 1 aromatic rings. The summed E-state index contributed by atoms with van der Waals surface area (Å²) in [4.78, 5) is 39.8. The Hall–Kier alpha value is -2.48. The fourth-order valence-corrected chi connectivity index (χ4v) is 7.33. The molecule has 4 aliphatic carbocycles. The summed E-state index contributed by atoms with van der Waals surface area (Å²) in [6.45, 7) is 3.58. The van der Waals surface area contributed by atoms with Crippen LogP contribution in [0.15, 0.2) is 24.3 Å². The normalized spacial score (nSPS) is 30.9. The van der Waals surface area contributed by atoms with Crippen LogP contribution in [0.1, 0.15) is 50.5 Å². The molecule has 1 saturated heterocycles. The number of carbonyl (C=O) groups is 2. The van der Waals surface area contributed by atoms with Crippen molar-refractivity contribution in [3.63, 3.8) is 0 Å². The van der Waals surface area contributed by atoms with E-state index in [1.807, 2.05) is 4.90 Å². The lowest BCUT2D eigenvalue weighted by molar-refractivity contribution is -0.384. The van der Waals surface area contributed by atoms with E-state index in [1.165, 1.54) is 50.7 Å². The van der Waals surface area contributed by atoms with Crippen molar-refractivity contribution in [2.45, 2.75) is 51.5 Å². The topological polar surface area (TPSA) is 95.8 Å². The van der Waals surface area contributed by atoms with Gasteiger partial charge in [0.25, 0.3) is 5.69 Å². The Kier molecular flexibility index (Phi) is 6.12. The lowest BCUT2D eigenvalue weighted by Gasteiger charge is -2.56. The largest absolute Gasteiger partial charge is 0.347 e. The number of non-ortho nitro benzene ring substituents is 1. The molecule has 4 saturated carbocycles. The molecule has 1 aliphatic heterocycles. The number of hydrogen-bond acceptors (Lipinski definition) is 5. The molecule has 2 amide bonds. The SMILES string of the molecule is O=C(CC12CC3CC(CC(C3)C1)C2)NCC(=O)N1CCN(Cc2ccc([N+](=O)[O-])cc2)CC1. The number of piperazine rings is 1. The third kappa shape index (κ3) is 5.05. The molecule has 0 radical (unpaired) electrons. The van der Waals surface area contributed by atoms with E-state index in [-0.39, 0.29) is 29.5 Å². The van der Waals surface area contributed by atoms with Crippen molar-refractivity contribution in [2.75, 3.05) is 32.7 Å². The first-order valence-corrected chi connectivity index (χ1v) is 12.4. The third-order valence-corrected chi connectivity index (χ3v) is 8.42. The van der Waals surface area contributed by atoms with Gasteiger partial charge >= 0.3 is 0 Å². The maximum atomic E-state index is 12.7. The van der Waals surface area contributed by atoms with E-state index in [0.717, 1.165) is 36.4 Å². The number of nitrogens with one attached hydrogen (secondary N) is 1. The predicted molar refractivity (Wildman–Crippen MR) is 123 cm³/mol. The molecule has 0 spiro atoms. The van der Waals surface area contributed by atoms with Crippen LogP contribution in [0.5, 0.6) is 0 Å². The van der Waals surface area contributed by atoms with Gasteiger partial charge in [0, 0.05) is 51.3 Å². The first-order valence-electron chi connectivity index (χ1n) is 12.4. The number of rotatable bonds is 7. The second-order valence-corrected chi connectivity index (χ2v) is 11.0. The number of amides is 2. The van der Waals surface area contributed by atoms with Gasteiger partial charge in [0.2, 0.25) is 11.8 Å². The van der Waals surface area contributed by atoms with Crippen LogP contribution in [0.3, 0.4) is 0 Å². The van der Waals surface area contributed by atoms with Gasteiger partial charge in [-0.15, -0.1) is 0 Å². The fraction of sp³-hybridized carbons (Fsp3) is 0.680. The highest BCUT2D eigenvalue weighted by Crippen LogP contribution is 2.61. The van der Waals surface area contributed by atoms with E-state index < -0.39 is 4.92 Å². The van der Waals surface area contributed by atoms with Gasteiger partial charge in [-0.1, -0.05) is 12.1 Å². The van der Waals surface area contributed by atoms with Crippen molar-refractivity contribution in [1.82, 2.24) is 15.1 Å². The molecule has 8 heteroatoms. The van der Waals surface area contributed by atoms with E-state index in [9.17, 15) is 19.7 Å². The smallest absolute Gasteiger partial charge is 0.269 e. The molecule has 5 fully saturated rings.